The second kappa shape index (κ2) is 6.83. The number of aromatic nitrogens is 1. The maximum atomic E-state index is 11.1. The smallest absolute Gasteiger partial charge is 0.236 e. The van der Waals surface area contributed by atoms with Gasteiger partial charge in [0.2, 0.25) is 5.91 Å². The number of amides is 1. The van der Waals surface area contributed by atoms with Crippen molar-refractivity contribution in [3.8, 4) is 0 Å². The van der Waals surface area contributed by atoms with Crippen molar-refractivity contribution in [1.82, 2.24) is 4.98 Å². The van der Waals surface area contributed by atoms with E-state index in [1.54, 1.807) is 12.4 Å². The van der Waals surface area contributed by atoms with Gasteiger partial charge in [0.25, 0.3) is 0 Å². The van der Waals surface area contributed by atoms with Crippen molar-refractivity contribution >= 4 is 17.3 Å². The Morgan fingerprint density at radius 1 is 1.50 bits per heavy atom. The molecule has 0 unspecified atom stereocenters. The maximum Gasteiger partial charge on any atom is 0.236 e. The van der Waals surface area contributed by atoms with E-state index in [0.29, 0.717) is 0 Å². The molecule has 0 aromatic carbocycles. The largest absolute Gasteiger partial charge is 0.384 e. The molecule has 0 spiro atoms. The third-order valence-corrected chi connectivity index (χ3v) is 2.58. The van der Waals surface area contributed by atoms with Crippen LogP contribution in [-0.4, -0.2) is 30.0 Å². The summed E-state index contributed by atoms with van der Waals surface area (Å²) in [6.45, 7) is 7.27. The molecule has 0 bridgehead atoms. The molecule has 5 heteroatoms. The van der Waals surface area contributed by atoms with Gasteiger partial charge >= 0.3 is 0 Å². The fourth-order valence-corrected chi connectivity index (χ4v) is 1.69. The Morgan fingerprint density at radius 3 is 2.78 bits per heavy atom. The van der Waals surface area contributed by atoms with Crippen LogP contribution < -0.4 is 16.0 Å². The van der Waals surface area contributed by atoms with E-state index in [1.165, 1.54) is 0 Å². The van der Waals surface area contributed by atoms with E-state index in [1.807, 2.05) is 24.8 Å². The average molecular weight is 250 g/mol. The Hall–Kier alpha value is -1.78. The van der Waals surface area contributed by atoms with Crippen molar-refractivity contribution in [3.63, 3.8) is 0 Å². The third-order valence-electron chi connectivity index (χ3n) is 2.58. The summed E-state index contributed by atoms with van der Waals surface area (Å²) in [6, 6.07) is 2.19. The summed E-state index contributed by atoms with van der Waals surface area (Å²) in [6.07, 6.45) is 4.58. The predicted octanol–water partition coefficient (Wildman–Crippen LogP) is 1.60. The number of carbonyl (C=O) groups excluding carboxylic acids is 1. The fraction of sp³-hybridized carbons (Fsp3) is 0.538. The normalized spacial score (nSPS) is 10.4. The number of carbonyl (C=O) groups is 1. The summed E-state index contributed by atoms with van der Waals surface area (Å²) in [7, 11) is 0. The topological polar surface area (TPSA) is 71.2 Å². The van der Waals surface area contributed by atoms with Gasteiger partial charge in [-0.1, -0.05) is 6.92 Å². The Bertz CT molecular complexity index is 392. The zero-order valence-electron chi connectivity index (χ0n) is 11.3. The van der Waals surface area contributed by atoms with E-state index in [0.717, 1.165) is 24.3 Å². The monoisotopic (exact) mass is 250 g/mol. The van der Waals surface area contributed by atoms with Crippen LogP contribution in [0.5, 0.6) is 0 Å². The summed E-state index contributed by atoms with van der Waals surface area (Å²) in [5, 5.41) is 3.28. The van der Waals surface area contributed by atoms with Gasteiger partial charge in [-0.25, -0.2) is 0 Å². The lowest BCUT2D eigenvalue weighted by Crippen LogP contribution is -2.38. The molecule has 1 heterocycles. The molecule has 3 N–H and O–H groups in total. The van der Waals surface area contributed by atoms with Crippen molar-refractivity contribution < 1.29 is 4.79 Å². The summed E-state index contributed by atoms with van der Waals surface area (Å²) in [5.74, 6) is -0.337. The second-order valence-electron chi connectivity index (χ2n) is 4.55. The summed E-state index contributed by atoms with van der Waals surface area (Å²) in [4.78, 5) is 17.2. The lowest BCUT2D eigenvalue weighted by Gasteiger charge is -2.27. The maximum absolute atomic E-state index is 11.1. The molecule has 0 atom stereocenters. The molecule has 0 radical (unpaired) electrons. The van der Waals surface area contributed by atoms with Crippen molar-refractivity contribution in [2.75, 3.05) is 23.3 Å². The minimum Gasteiger partial charge on any atom is -0.384 e. The number of rotatable bonds is 7. The SMILES string of the molecule is CCCNc1cncc(N(CC(N)=O)C(C)C)c1. The van der Waals surface area contributed by atoms with E-state index in [9.17, 15) is 4.79 Å². The number of anilines is 2. The van der Waals surface area contributed by atoms with Gasteiger partial charge in [-0.3, -0.25) is 9.78 Å². The fourth-order valence-electron chi connectivity index (χ4n) is 1.69. The van der Waals surface area contributed by atoms with Crippen molar-refractivity contribution in [1.29, 1.82) is 0 Å². The van der Waals surface area contributed by atoms with Crippen LogP contribution in [0.1, 0.15) is 27.2 Å². The molecule has 0 aliphatic carbocycles. The zero-order valence-corrected chi connectivity index (χ0v) is 11.3. The molecule has 18 heavy (non-hydrogen) atoms. The van der Waals surface area contributed by atoms with E-state index in [-0.39, 0.29) is 18.5 Å². The van der Waals surface area contributed by atoms with E-state index < -0.39 is 0 Å². The minimum atomic E-state index is -0.337. The van der Waals surface area contributed by atoms with Gasteiger partial charge in [0.05, 0.1) is 30.3 Å². The number of nitrogens with two attached hydrogens (primary N) is 1. The number of nitrogens with one attached hydrogen (secondary N) is 1. The van der Waals surface area contributed by atoms with Gasteiger partial charge in [-0.05, 0) is 26.3 Å². The molecule has 1 aromatic rings. The van der Waals surface area contributed by atoms with Gasteiger partial charge < -0.3 is 16.0 Å². The Balaban J connectivity index is 2.87. The number of primary amides is 1. The van der Waals surface area contributed by atoms with Crippen LogP contribution >= 0.6 is 0 Å². The van der Waals surface area contributed by atoms with Gasteiger partial charge in [-0.2, -0.15) is 0 Å². The van der Waals surface area contributed by atoms with Crippen LogP contribution in [0.4, 0.5) is 11.4 Å². The molecule has 1 amide bonds. The first-order valence-corrected chi connectivity index (χ1v) is 6.28. The molecular formula is C13H22N4O. The van der Waals surface area contributed by atoms with Gasteiger partial charge in [-0.15, -0.1) is 0 Å². The van der Waals surface area contributed by atoms with E-state index in [4.69, 9.17) is 5.73 Å². The molecular weight excluding hydrogens is 228 g/mol. The summed E-state index contributed by atoms with van der Waals surface area (Å²) in [5.41, 5.74) is 7.14. The highest BCUT2D eigenvalue weighted by molar-refractivity contribution is 5.79. The van der Waals surface area contributed by atoms with Crippen LogP contribution in [0.15, 0.2) is 18.5 Å². The molecule has 0 saturated heterocycles. The molecule has 5 nitrogen and oxygen atoms in total. The highest BCUT2D eigenvalue weighted by Crippen LogP contribution is 2.19. The van der Waals surface area contributed by atoms with Crippen LogP contribution in [0, 0.1) is 0 Å². The molecule has 100 valence electrons. The van der Waals surface area contributed by atoms with Gasteiger partial charge in [0.1, 0.15) is 0 Å². The Labute approximate surface area is 108 Å². The quantitative estimate of drug-likeness (QED) is 0.771. The molecule has 0 saturated carbocycles. The van der Waals surface area contributed by atoms with E-state index in [2.05, 4.69) is 17.2 Å². The first kappa shape index (κ1) is 14.3. The lowest BCUT2D eigenvalue weighted by atomic mass is 10.2. The molecule has 1 rings (SSSR count). The first-order valence-electron chi connectivity index (χ1n) is 6.28. The summed E-state index contributed by atoms with van der Waals surface area (Å²) < 4.78 is 0. The molecule has 0 fully saturated rings. The highest BCUT2D eigenvalue weighted by Gasteiger charge is 2.13. The number of nitrogens with zero attached hydrogens (tertiary/aromatic N) is 2. The minimum absolute atomic E-state index is 0.195. The standard InChI is InChI=1S/C13H22N4O/c1-4-5-16-11-6-12(8-15-7-11)17(10(2)3)9-13(14)18/h6-8,10,16H,4-5,9H2,1-3H3,(H2,14,18). The molecule has 0 aliphatic heterocycles. The van der Waals surface area contributed by atoms with Gasteiger partial charge in [0, 0.05) is 12.6 Å². The van der Waals surface area contributed by atoms with Crippen LogP contribution in [0.2, 0.25) is 0 Å². The average Bonchev–Trinajstić information content (AvgIpc) is 2.33. The zero-order chi connectivity index (χ0) is 13.5. The number of hydrogen-bond acceptors (Lipinski definition) is 4. The van der Waals surface area contributed by atoms with Crippen molar-refractivity contribution in [2.24, 2.45) is 5.73 Å². The predicted molar refractivity (Wildman–Crippen MR) is 74.7 cm³/mol. The summed E-state index contributed by atoms with van der Waals surface area (Å²) >= 11 is 0. The molecule has 1 aromatic heterocycles. The second-order valence-corrected chi connectivity index (χ2v) is 4.55. The van der Waals surface area contributed by atoms with Crippen LogP contribution in [-0.2, 0) is 4.79 Å². The van der Waals surface area contributed by atoms with Crippen molar-refractivity contribution in [2.45, 2.75) is 33.2 Å². The third kappa shape index (κ3) is 4.24. The van der Waals surface area contributed by atoms with Gasteiger partial charge in [0.15, 0.2) is 0 Å². The number of hydrogen-bond donors (Lipinski definition) is 2. The Kier molecular flexibility index (Phi) is 5.42. The van der Waals surface area contributed by atoms with Crippen LogP contribution in [0.3, 0.4) is 0 Å². The Morgan fingerprint density at radius 2 is 2.22 bits per heavy atom. The van der Waals surface area contributed by atoms with E-state index >= 15 is 0 Å². The first-order chi connectivity index (χ1) is 8.54. The number of pyridine rings is 1. The highest BCUT2D eigenvalue weighted by atomic mass is 16.1. The lowest BCUT2D eigenvalue weighted by molar-refractivity contribution is -0.116. The van der Waals surface area contributed by atoms with Crippen LogP contribution in [0.25, 0.3) is 0 Å². The van der Waals surface area contributed by atoms with Crippen molar-refractivity contribution in [3.05, 3.63) is 18.5 Å². The molecule has 0 aliphatic rings.